The number of halogens is 2. The molecule has 2 aromatic rings. The summed E-state index contributed by atoms with van der Waals surface area (Å²) in [5.41, 5.74) is 1.67. The first kappa shape index (κ1) is 15.2. The van der Waals surface area contributed by atoms with Crippen LogP contribution in [0.1, 0.15) is 21.5 Å². The average Bonchev–Trinajstić information content (AvgIpc) is 2.49. The third-order valence-electron chi connectivity index (χ3n) is 2.80. The van der Waals surface area contributed by atoms with Crippen LogP contribution in [-0.4, -0.2) is 28.1 Å². The minimum atomic E-state index is -0.304. The van der Waals surface area contributed by atoms with E-state index in [0.717, 1.165) is 5.56 Å². The van der Waals surface area contributed by atoms with Crippen LogP contribution in [0.3, 0.4) is 0 Å². The summed E-state index contributed by atoms with van der Waals surface area (Å²) in [6.45, 7) is 0.376. The maximum atomic E-state index is 12.3. The molecule has 2 rings (SSSR count). The Morgan fingerprint density at radius 2 is 1.95 bits per heavy atom. The third kappa shape index (κ3) is 3.69. The molecule has 0 saturated heterocycles. The van der Waals surface area contributed by atoms with Gasteiger partial charge in [0.25, 0.3) is 5.91 Å². The largest absolute Gasteiger partial charge is 0.337 e. The van der Waals surface area contributed by atoms with Gasteiger partial charge in [-0.25, -0.2) is 0 Å². The summed E-state index contributed by atoms with van der Waals surface area (Å²) in [7, 11) is 1.64. The minimum Gasteiger partial charge on any atom is -0.337 e. The molecule has 21 heavy (non-hydrogen) atoms. The van der Waals surface area contributed by atoms with E-state index < -0.39 is 0 Å². The van der Waals surface area contributed by atoms with Gasteiger partial charge in [0.15, 0.2) is 10.3 Å². The van der Waals surface area contributed by atoms with Crippen LogP contribution < -0.4 is 0 Å². The van der Waals surface area contributed by atoms with E-state index in [1.807, 2.05) is 6.07 Å². The van der Waals surface area contributed by atoms with Crippen molar-refractivity contribution in [2.45, 2.75) is 6.54 Å². The summed E-state index contributed by atoms with van der Waals surface area (Å²) in [5.74, 6) is -0.304. The topological polar surface area (TPSA) is 69.9 Å². The second-order valence-electron chi connectivity index (χ2n) is 4.34. The van der Waals surface area contributed by atoms with Crippen LogP contribution in [-0.2, 0) is 6.54 Å². The molecule has 0 unspecified atom stereocenters. The summed E-state index contributed by atoms with van der Waals surface area (Å²) in [6.07, 6.45) is 0. The lowest BCUT2D eigenvalue weighted by Gasteiger charge is -2.17. The Hall–Kier alpha value is -2.16. The second kappa shape index (κ2) is 6.53. The van der Waals surface area contributed by atoms with Crippen molar-refractivity contribution < 1.29 is 4.79 Å². The van der Waals surface area contributed by atoms with Crippen molar-refractivity contribution in [3.05, 3.63) is 57.3 Å². The number of rotatable bonds is 3. The maximum absolute atomic E-state index is 12.3. The highest BCUT2D eigenvalue weighted by Crippen LogP contribution is 2.18. The number of aromatic nitrogens is 2. The highest BCUT2D eigenvalue weighted by Gasteiger charge is 2.17. The van der Waals surface area contributed by atoms with E-state index in [9.17, 15) is 4.79 Å². The fraction of sp³-hybridized carbons (Fsp3) is 0.143. The van der Waals surface area contributed by atoms with Crippen molar-refractivity contribution in [3.63, 3.8) is 0 Å². The molecule has 0 aliphatic heterocycles. The Balaban J connectivity index is 2.15. The van der Waals surface area contributed by atoms with E-state index >= 15 is 0 Å². The highest BCUT2D eigenvalue weighted by atomic mass is 35.5. The molecule has 1 aromatic carbocycles. The van der Waals surface area contributed by atoms with Gasteiger partial charge in [0.05, 0.1) is 17.2 Å². The lowest BCUT2D eigenvalue weighted by atomic mass is 10.1. The second-order valence-corrected chi connectivity index (χ2v) is 5.09. The van der Waals surface area contributed by atoms with Gasteiger partial charge in [0.1, 0.15) is 0 Å². The third-order valence-corrected chi connectivity index (χ3v) is 3.26. The number of hydrogen-bond donors (Lipinski definition) is 0. The quantitative estimate of drug-likeness (QED) is 0.871. The molecule has 0 radical (unpaired) electrons. The van der Waals surface area contributed by atoms with Gasteiger partial charge in [0.2, 0.25) is 0 Å². The molecule has 1 amide bonds. The molecule has 0 bridgehead atoms. The lowest BCUT2D eigenvalue weighted by molar-refractivity contribution is 0.0784. The number of hydrogen-bond acceptors (Lipinski definition) is 4. The molecule has 0 spiro atoms. The van der Waals surface area contributed by atoms with Crippen LogP contribution in [0.25, 0.3) is 0 Å². The Labute approximate surface area is 131 Å². The number of carbonyl (C=O) groups excluding carboxylic acids is 1. The summed E-state index contributed by atoms with van der Waals surface area (Å²) in [4.78, 5) is 13.8. The summed E-state index contributed by atoms with van der Waals surface area (Å²) >= 11 is 11.6. The first-order valence-electron chi connectivity index (χ1n) is 5.94. The normalized spacial score (nSPS) is 10.0. The smallest absolute Gasteiger partial charge is 0.257 e. The average molecular weight is 321 g/mol. The standard InChI is InChI=1S/C14H10Cl2N4O/c1-20(8-10-4-2-9(7-17)3-5-10)14(21)11-6-12(15)18-19-13(11)16/h2-6H,8H2,1H3. The van der Waals surface area contributed by atoms with Crippen molar-refractivity contribution in [1.82, 2.24) is 15.1 Å². The number of nitrogens with zero attached hydrogens (tertiary/aromatic N) is 4. The van der Waals surface area contributed by atoms with Gasteiger partial charge in [-0.05, 0) is 23.8 Å². The SMILES string of the molecule is CN(Cc1ccc(C#N)cc1)C(=O)c1cc(Cl)nnc1Cl. The summed E-state index contributed by atoms with van der Waals surface area (Å²) < 4.78 is 0. The van der Waals surface area contributed by atoms with E-state index in [1.165, 1.54) is 11.0 Å². The molecule has 7 heteroatoms. The van der Waals surface area contributed by atoms with Crippen LogP contribution in [0.4, 0.5) is 0 Å². The predicted octanol–water partition coefficient (Wildman–Crippen LogP) is 2.93. The van der Waals surface area contributed by atoms with Crippen LogP contribution >= 0.6 is 23.2 Å². The van der Waals surface area contributed by atoms with Crippen molar-refractivity contribution in [1.29, 1.82) is 5.26 Å². The Morgan fingerprint density at radius 3 is 2.57 bits per heavy atom. The number of nitriles is 1. The molecule has 0 fully saturated rings. The van der Waals surface area contributed by atoms with Crippen molar-refractivity contribution in [2.24, 2.45) is 0 Å². The van der Waals surface area contributed by atoms with E-state index in [1.54, 1.807) is 31.3 Å². The highest BCUT2D eigenvalue weighted by molar-refractivity contribution is 6.34. The van der Waals surface area contributed by atoms with Crippen LogP contribution in [0.2, 0.25) is 10.3 Å². The first-order chi connectivity index (χ1) is 10.0. The number of amides is 1. The lowest BCUT2D eigenvalue weighted by Crippen LogP contribution is -2.26. The van der Waals surface area contributed by atoms with Crippen molar-refractivity contribution in [2.75, 3.05) is 7.05 Å². The fourth-order valence-corrected chi connectivity index (χ4v) is 2.06. The molecule has 0 saturated carbocycles. The first-order valence-corrected chi connectivity index (χ1v) is 6.70. The molecule has 5 nitrogen and oxygen atoms in total. The maximum Gasteiger partial charge on any atom is 0.257 e. The Morgan fingerprint density at radius 1 is 1.29 bits per heavy atom. The number of carbonyl (C=O) groups is 1. The molecular weight excluding hydrogens is 311 g/mol. The molecule has 106 valence electrons. The molecule has 1 heterocycles. The van der Waals surface area contributed by atoms with Gasteiger partial charge in [0, 0.05) is 13.6 Å². The van der Waals surface area contributed by atoms with E-state index in [0.29, 0.717) is 12.1 Å². The Kier molecular flexibility index (Phi) is 4.73. The zero-order valence-electron chi connectivity index (χ0n) is 11.0. The minimum absolute atomic E-state index is 0.0103. The summed E-state index contributed by atoms with van der Waals surface area (Å²) in [6, 6.07) is 10.4. The molecule has 1 aromatic heterocycles. The molecule has 0 atom stereocenters. The van der Waals surface area contributed by atoms with Crippen molar-refractivity contribution >= 4 is 29.1 Å². The van der Waals surface area contributed by atoms with E-state index in [2.05, 4.69) is 10.2 Å². The van der Waals surface area contributed by atoms with Crippen LogP contribution in [0.15, 0.2) is 30.3 Å². The van der Waals surface area contributed by atoms with Crippen molar-refractivity contribution in [3.8, 4) is 6.07 Å². The zero-order chi connectivity index (χ0) is 15.4. The summed E-state index contributed by atoms with van der Waals surface area (Å²) in [5, 5.41) is 16.0. The molecule has 0 aliphatic rings. The predicted molar refractivity (Wildman–Crippen MR) is 79.0 cm³/mol. The van der Waals surface area contributed by atoms with Gasteiger partial charge >= 0.3 is 0 Å². The van der Waals surface area contributed by atoms with Gasteiger partial charge in [-0.2, -0.15) is 5.26 Å². The van der Waals surface area contributed by atoms with Crippen LogP contribution in [0.5, 0.6) is 0 Å². The zero-order valence-corrected chi connectivity index (χ0v) is 12.6. The monoisotopic (exact) mass is 320 g/mol. The molecule has 0 N–H and O–H groups in total. The van der Waals surface area contributed by atoms with Crippen LogP contribution in [0, 0.1) is 11.3 Å². The van der Waals surface area contributed by atoms with E-state index in [-0.39, 0.29) is 21.8 Å². The number of benzene rings is 1. The van der Waals surface area contributed by atoms with E-state index in [4.69, 9.17) is 28.5 Å². The van der Waals surface area contributed by atoms with Gasteiger partial charge < -0.3 is 4.90 Å². The Bertz CT molecular complexity index is 710. The van der Waals surface area contributed by atoms with Gasteiger partial charge in [-0.3, -0.25) is 4.79 Å². The van der Waals surface area contributed by atoms with Gasteiger partial charge in [-0.1, -0.05) is 35.3 Å². The van der Waals surface area contributed by atoms with Gasteiger partial charge in [-0.15, -0.1) is 10.2 Å². The molecule has 0 aliphatic carbocycles. The fourth-order valence-electron chi connectivity index (χ4n) is 1.74. The molecular formula is C14H10Cl2N4O.